The lowest BCUT2D eigenvalue weighted by atomic mass is 9.80. The van der Waals surface area contributed by atoms with E-state index < -0.39 is 0 Å². The van der Waals surface area contributed by atoms with Crippen molar-refractivity contribution in [2.24, 2.45) is 5.92 Å². The zero-order valence-corrected chi connectivity index (χ0v) is 8.94. The Hall–Kier alpha value is -1.15. The number of benzene rings is 1. The molecule has 2 heteroatoms. The van der Waals surface area contributed by atoms with Gasteiger partial charge in [-0.25, -0.2) is 0 Å². The maximum atomic E-state index is 12.0. The molecule has 1 aromatic rings. The van der Waals surface area contributed by atoms with Gasteiger partial charge in [0.25, 0.3) is 0 Å². The molecule has 1 aromatic carbocycles. The Morgan fingerprint density at radius 2 is 2.20 bits per heavy atom. The molecule has 0 fully saturated rings. The van der Waals surface area contributed by atoms with Crippen LogP contribution in [0.15, 0.2) is 24.3 Å². The van der Waals surface area contributed by atoms with Crippen molar-refractivity contribution in [3.05, 3.63) is 35.4 Å². The van der Waals surface area contributed by atoms with Gasteiger partial charge in [0.05, 0.1) is 6.10 Å². The molecule has 0 saturated carbocycles. The number of aliphatic hydroxyl groups excluding tert-OH is 1. The van der Waals surface area contributed by atoms with Crippen molar-refractivity contribution in [2.45, 2.75) is 32.3 Å². The minimum Gasteiger partial charge on any atom is -0.393 e. The number of Topliss-reactive ketones (excluding diaryl/α,β-unsaturated/α-hetero) is 1. The predicted octanol–water partition coefficient (Wildman–Crippen LogP) is 2.20. The van der Waals surface area contributed by atoms with E-state index in [1.54, 1.807) is 6.92 Å². The molecule has 0 aromatic heterocycles. The van der Waals surface area contributed by atoms with Crippen molar-refractivity contribution in [1.82, 2.24) is 0 Å². The first kappa shape index (κ1) is 10.4. The van der Waals surface area contributed by atoms with Crippen molar-refractivity contribution in [1.29, 1.82) is 0 Å². The third-order valence-corrected chi connectivity index (χ3v) is 3.04. The molecule has 2 nitrogen and oxygen atoms in total. The van der Waals surface area contributed by atoms with Crippen molar-refractivity contribution >= 4 is 5.78 Å². The monoisotopic (exact) mass is 204 g/mol. The highest BCUT2D eigenvalue weighted by Gasteiger charge is 2.27. The van der Waals surface area contributed by atoms with Gasteiger partial charge < -0.3 is 5.11 Å². The molecule has 1 aliphatic rings. The summed E-state index contributed by atoms with van der Waals surface area (Å²) in [5.41, 5.74) is 2.01. The third kappa shape index (κ3) is 2.10. The summed E-state index contributed by atoms with van der Waals surface area (Å²) in [5, 5.41) is 9.32. The summed E-state index contributed by atoms with van der Waals surface area (Å²) in [6, 6.07) is 7.79. The fourth-order valence-electron chi connectivity index (χ4n) is 2.30. The minimum atomic E-state index is -0.385. The molecule has 80 valence electrons. The van der Waals surface area contributed by atoms with E-state index in [4.69, 9.17) is 0 Å². The SMILES string of the molecule is C[C@H](O)C[C@@H]1CCc2ccccc2C1=O. The molecular weight excluding hydrogens is 188 g/mol. The first-order valence-corrected chi connectivity index (χ1v) is 5.48. The molecule has 0 unspecified atom stereocenters. The van der Waals surface area contributed by atoms with Crippen LogP contribution in [-0.2, 0) is 6.42 Å². The van der Waals surface area contributed by atoms with Gasteiger partial charge in [-0.2, -0.15) is 0 Å². The molecule has 1 aliphatic carbocycles. The summed E-state index contributed by atoms with van der Waals surface area (Å²) in [4.78, 5) is 12.0. The molecule has 0 heterocycles. The predicted molar refractivity (Wildman–Crippen MR) is 58.9 cm³/mol. The smallest absolute Gasteiger partial charge is 0.166 e. The van der Waals surface area contributed by atoms with E-state index in [-0.39, 0.29) is 17.8 Å². The number of carbonyl (C=O) groups excluding carboxylic acids is 1. The van der Waals surface area contributed by atoms with Crippen molar-refractivity contribution in [3.8, 4) is 0 Å². The van der Waals surface area contributed by atoms with Crippen LogP contribution in [-0.4, -0.2) is 17.0 Å². The maximum absolute atomic E-state index is 12.0. The Morgan fingerprint density at radius 1 is 1.47 bits per heavy atom. The molecule has 0 radical (unpaired) electrons. The fourth-order valence-corrected chi connectivity index (χ4v) is 2.30. The Morgan fingerprint density at radius 3 is 2.93 bits per heavy atom. The highest BCUT2D eigenvalue weighted by Crippen LogP contribution is 2.28. The van der Waals surface area contributed by atoms with E-state index in [0.29, 0.717) is 6.42 Å². The largest absolute Gasteiger partial charge is 0.393 e. The molecule has 0 amide bonds. The summed E-state index contributed by atoms with van der Waals surface area (Å²) in [7, 11) is 0. The lowest BCUT2D eigenvalue weighted by molar-refractivity contribution is 0.0827. The second kappa shape index (κ2) is 4.15. The molecule has 0 saturated heterocycles. The Balaban J connectivity index is 2.22. The lowest BCUT2D eigenvalue weighted by Crippen LogP contribution is -2.25. The number of ketones is 1. The topological polar surface area (TPSA) is 37.3 Å². The van der Waals surface area contributed by atoms with E-state index >= 15 is 0 Å². The number of aliphatic hydroxyl groups is 1. The average Bonchev–Trinajstić information content (AvgIpc) is 2.22. The highest BCUT2D eigenvalue weighted by atomic mass is 16.3. The van der Waals surface area contributed by atoms with Gasteiger partial charge in [-0.3, -0.25) is 4.79 Å². The van der Waals surface area contributed by atoms with Gasteiger partial charge in [-0.15, -0.1) is 0 Å². The standard InChI is InChI=1S/C13H16O2/c1-9(14)8-11-7-6-10-4-2-3-5-12(10)13(11)15/h2-5,9,11,14H,6-8H2,1H3/t9-,11-/m0/s1. The van der Waals surface area contributed by atoms with E-state index in [0.717, 1.165) is 24.0 Å². The molecular formula is C13H16O2. The van der Waals surface area contributed by atoms with Crippen molar-refractivity contribution in [2.75, 3.05) is 0 Å². The number of hydrogen-bond donors (Lipinski definition) is 1. The summed E-state index contributed by atoms with van der Waals surface area (Å²) in [6.07, 6.45) is 2.04. The van der Waals surface area contributed by atoms with Gasteiger partial charge in [-0.1, -0.05) is 24.3 Å². The minimum absolute atomic E-state index is 0.0138. The second-order valence-electron chi connectivity index (χ2n) is 4.34. The molecule has 0 bridgehead atoms. The van der Waals surface area contributed by atoms with Crippen molar-refractivity contribution < 1.29 is 9.90 Å². The van der Waals surface area contributed by atoms with Gasteiger partial charge in [0.1, 0.15) is 0 Å². The maximum Gasteiger partial charge on any atom is 0.166 e. The van der Waals surface area contributed by atoms with E-state index in [1.165, 1.54) is 0 Å². The van der Waals surface area contributed by atoms with Gasteiger partial charge in [0.15, 0.2) is 5.78 Å². The lowest BCUT2D eigenvalue weighted by Gasteiger charge is -2.23. The zero-order chi connectivity index (χ0) is 10.8. The first-order valence-electron chi connectivity index (χ1n) is 5.48. The van der Waals surface area contributed by atoms with Crippen LogP contribution in [0.2, 0.25) is 0 Å². The molecule has 0 aliphatic heterocycles. The number of rotatable bonds is 2. The number of aryl methyl sites for hydroxylation is 1. The molecule has 0 spiro atoms. The average molecular weight is 204 g/mol. The van der Waals surface area contributed by atoms with Crippen LogP contribution >= 0.6 is 0 Å². The van der Waals surface area contributed by atoms with Gasteiger partial charge in [-0.05, 0) is 31.7 Å². The quantitative estimate of drug-likeness (QED) is 0.801. The Labute approximate surface area is 89.9 Å². The molecule has 2 atom stereocenters. The molecule has 1 N–H and O–H groups in total. The van der Waals surface area contributed by atoms with Crippen LogP contribution in [0.25, 0.3) is 0 Å². The van der Waals surface area contributed by atoms with Crippen LogP contribution in [0.4, 0.5) is 0 Å². The number of fused-ring (bicyclic) bond motifs is 1. The van der Waals surface area contributed by atoms with Gasteiger partial charge >= 0.3 is 0 Å². The summed E-state index contributed by atoms with van der Waals surface area (Å²) in [6.45, 7) is 1.74. The third-order valence-electron chi connectivity index (χ3n) is 3.04. The van der Waals surface area contributed by atoms with Crippen LogP contribution in [0.3, 0.4) is 0 Å². The molecule has 2 rings (SSSR count). The highest BCUT2D eigenvalue weighted by molar-refractivity contribution is 6.00. The van der Waals surface area contributed by atoms with E-state index in [2.05, 4.69) is 0 Å². The Kier molecular flexibility index (Phi) is 2.87. The van der Waals surface area contributed by atoms with Crippen LogP contribution in [0.1, 0.15) is 35.7 Å². The van der Waals surface area contributed by atoms with E-state index in [9.17, 15) is 9.90 Å². The summed E-state index contributed by atoms with van der Waals surface area (Å²) in [5.74, 6) is 0.220. The second-order valence-corrected chi connectivity index (χ2v) is 4.34. The zero-order valence-electron chi connectivity index (χ0n) is 8.94. The van der Waals surface area contributed by atoms with Crippen LogP contribution in [0.5, 0.6) is 0 Å². The number of hydrogen-bond acceptors (Lipinski definition) is 2. The van der Waals surface area contributed by atoms with Gasteiger partial charge in [0, 0.05) is 11.5 Å². The normalized spacial score (nSPS) is 22.3. The Bertz CT molecular complexity index is 369. The number of carbonyl (C=O) groups is 1. The summed E-state index contributed by atoms with van der Waals surface area (Å²) < 4.78 is 0. The van der Waals surface area contributed by atoms with Crippen molar-refractivity contribution in [3.63, 3.8) is 0 Å². The van der Waals surface area contributed by atoms with Crippen LogP contribution < -0.4 is 0 Å². The van der Waals surface area contributed by atoms with E-state index in [1.807, 2.05) is 24.3 Å². The first-order chi connectivity index (χ1) is 7.18. The molecule has 15 heavy (non-hydrogen) atoms. The fraction of sp³-hybridized carbons (Fsp3) is 0.462. The van der Waals surface area contributed by atoms with Gasteiger partial charge in [0.2, 0.25) is 0 Å². The van der Waals surface area contributed by atoms with Crippen LogP contribution in [0, 0.1) is 5.92 Å². The summed E-state index contributed by atoms with van der Waals surface area (Å²) >= 11 is 0.